The van der Waals surface area contributed by atoms with E-state index in [4.69, 9.17) is 5.73 Å². The largest absolute Gasteiger partial charge is 0.324 e. The standard InChI is InChI=1S/C11H15N/c1-2-8-7-9-5-3-4-6-10(9)11(8)12/h3-6,8,11H,2,7,12H2,1H3/t8-,11-/m0/s1. The maximum atomic E-state index is 6.10. The first-order valence-corrected chi connectivity index (χ1v) is 4.66. The van der Waals surface area contributed by atoms with E-state index in [-0.39, 0.29) is 6.04 Å². The smallest absolute Gasteiger partial charge is 0.0329 e. The third-order valence-electron chi connectivity index (χ3n) is 2.93. The molecule has 1 nitrogen and oxygen atoms in total. The molecule has 12 heavy (non-hydrogen) atoms. The molecule has 64 valence electrons. The van der Waals surface area contributed by atoms with Gasteiger partial charge in [-0.3, -0.25) is 0 Å². The second-order valence-corrected chi connectivity index (χ2v) is 3.60. The zero-order valence-electron chi connectivity index (χ0n) is 7.46. The minimum Gasteiger partial charge on any atom is -0.324 e. The second-order valence-electron chi connectivity index (χ2n) is 3.60. The Morgan fingerprint density at radius 1 is 1.42 bits per heavy atom. The topological polar surface area (TPSA) is 26.0 Å². The van der Waals surface area contributed by atoms with Crippen molar-refractivity contribution in [1.82, 2.24) is 0 Å². The van der Waals surface area contributed by atoms with E-state index < -0.39 is 0 Å². The Kier molecular flexibility index (Phi) is 1.89. The summed E-state index contributed by atoms with van der Waals surface area (Å²) in [6.45, 7) is 2.22. The summed E-state index contributed by atoms with van der Waals surface area (Å²) in [5.41, 5.74) is 8.92. The highest BCUT2D eigenvalue weighted by molar-refractivity contribution is 5.35. The van der Waals surface area contributed by atoms with E-state index in [1.165, 1.54) is 24.0 Å². The van der Waals surface area contributed by atoms with Gasteiger partial charge in [0.15, 0.2) is 0 Å². The lowest BCUT2D eigenvalue weighted by Gasteiger charge is -2.12. The normalized spacial score (nSPS) is 27.2. The number of nitrogens with two attached hydrogens (primary N) is 1. The molecule has 0 heterocycles. The van der Waals surface area contributed by atoms with Gasteiger partial charge in [0.2, 0.25) is 0 Å². The summed E-state index contributed by atoms with van der Waals surface area (Å²) in [4.78, 5) is 0. The van der Waals surface area contributed by atoms with Gasteiger partial charge in [-0.05, 0) is 23.5 Å². The van der Waals surface area contributed by atoms with Crippen LogP contribution in [0.25, 0.3) is 0 Å². The molecule has 2 rings (SSSR count). The van der Waals surface area contributed by atoms with Crippen LogP contribution in [0.3, 0.4) is 0 Å². The van der Waals surface area contributed by atoms with Crippen molar-refractivity contribution in [3.63, 3.8) is 0 Å². The number of hydrogen-bond donors (Lipinski definition) is 1. The number of benzene rings is 1. The van der Waals surface area contributed by atoms with Crippen molar-refractivity contribution in [2.24, 2.45) is 11.7 Å². The quantitative estimate of drug-likeness (QED) is 0.671. The Labute approximate surface area is 73.6 Å². The van der Waals surface area contributed by atoms with Crippen LogP contribution in [-0.2, 0) is 6.42 Å². The molecule has 1 aliphatic carbocycles. The molecular formula is C11H15N. The van der Waals surface area contributed by atoms with E-state index in [0.717, 1.165) is 0 Å². The summed E-state index contributed by atoms with van der Waals surface area (Å²) in [5, 5.41) is 0. The Morgan fingerprint density at radius 2 is 2.17 bits per heavy atom. The molecule has 1 heteroatoms. The average Bonchev–Trinajstić information content (AvgIpc) is 2.44. The van der Waals surface area contributed by atoms with E-state index in [1.54, 1.807) is 0 Å². The Morgan fingerprint density at radius 3 is 2.83 bits per heavy atom. The van der Waals surface area contributed by atoms with Gasteiger partial charge in [0.25, 0.3) is 0 Å². The van der Waals surface area contributed by atoms with Gasteiger partial charge in [-0.2, -0.15) is 0 Å². The van der Waals surface area contributed by atoms with Gasteiger partial charge in [0, 0.05) is 6.04 Å². The molecule has 0 spiro atoms. The van der Waals surface area contributed by atoms with Crippen LogP contribution in [0.2, 0.25) is 0 Å². The fourth-order valence-electron chi connectivity index (χ4n) is 2.11. The van der Waals surface area contributed by atoms with Crippen LogP contribution in [0.5, 0.6) is 0 Å². The minimum absolute atomic E-state index is 0.284. The van der Waals surface area contributed by atoms with Gasteiger partial charge in [0.1, 0.15) is 0 Å². The Balaban J connectivity index is 2.35. The zero-order valence-corrected chi connectivity index (χ0v) is 7.46. The summed E-state index contributed by atoms with van der Waals surface area (Å²) in [6.07, 6.45) is 2.36. The van der Waals surface area contributed by atoms with Crippen LogP contribution in [-0.4, -0.2) is 0 Å². The van der Waals surface area contributed by atoms with E-state index in [0.29, 0.717) is 5.92 Å². The molecule has 0 bridgehead atoms. The lowest BCUT2D eigenvalue weighted by atomic mass is 9.99. The lowest BCUT2D eigenvalue weighted by Crippen LogP contribution is -2.15. The fourth-order valence-corrected chi connectivity index (χ4v) is 2.11. The van der Waals surface area contributed by atoms with Crippen LogP contribution in [0.1, 0.15) is 30.5 Å². The van der Waals surface area contributed by atoms with Gasteiger partial charge in [-0.1, -0.05) is 37.6 Å². The van der Waals surface area contributed by atoms with Crippen molar-refractivity contribution in [2.45, 2.75) is 25.8 Å². The molecule has 0 saturated carbocycles. The van der Waals surface area contributed by atoms with Crippen LogP contribution < -0.4 is 5.73 Å². The monoisotopic (exact) mass is 161 g/mol. The molecule has 0 amide bonds. The highest BCUT2D eigenvalue weighted by Gasteiger charge is 2.27. The van der Waals surface area contributed by atoms with Gasteiger partial charge in [0.05, 0.1) is 0 Å². The molecular weight excluding hydrogens is 146 g/mol. The molecule has 2 atom stereocenters. The molecule has 0 aromatic heterocycles. The summed E-state index contributed by atoms with van der Waals surface area (Å²) in [7, 11) is 0. The number of rotatable bonds is 1. The SMILES string of the molecule is CC[C@H]1Cc2ccccc2[C@H]1N. The van der Waals surface area contributed by atoms with Gasteiger partial charge >= 0.3 is 0 Å². The molecule has 0 aliphatic heterocycles. The van der Waals surface area contributed by atoms with Crippen molar-refractivity contribution in [3.05, 3.63) is 35.4 Å². The number of hydrogen-bond acceptors (Lipinski definition) is 1. The first-order valence-electron chi connectivity index (χ1n) is 4.66. The zero-order chi connectivity index (χ0) is 8.55. The Bertz CT molecular complexity index is 280. The molecule has 0 unspecified atom stereocenters. The molecule has 0 saturated heterocycles. The van der Waals surface area contributed by atoms with Crippen molar-refractivity contribution >= 4 is 0 Å². The predicted octanol–water partition coefficient (Wildman–Crippen LogP) is 2.27. The fraction of sp³-hybridized carbons (Fsp3) is 0.455. The first-order chi connectivity index (χ1) is 5.83. The van der Waals surface area contributed by atoms with E-state index >= 15 is 0 Å². The third-order valence-corrected chi connectivity index (χ3v) is 2.93. The van der Waals surface area contributed by atoms with Gasteiger partial charge < -0.3 is 5.73 Å². The first kappa shape index (κ1) is 7.81. The van der Waals surface area contributed by atoms with Crippen LogP contribution in [0.4, 0.5) is 0 Å². The molecule has 0 radical (unpaired) electrons. The van der Waals surface area contributed by atoms with Crippen LogP contribution >= 0.6 is 0 Å². The molecule has 1 aromatic rings. The molecule has 1 aliphatic rings. The summed E-state index contributed by atoms with van der Waals surface area (Å²) in [6, 6.07) is 8.83. The lowest BCUT2D eigenvalue weighted by molar-refractivity contribution is 0.453. The molecule has 1 aromatic carbocycles. The average molecular weight is 161 g/mol. The van der Waals surface area contributed by atoms with E-state index in [1.807, 2.05) is 0 Å². The van der Waals surface area contributed by atoms with Crippen LogP contribution in [0.15, 0.2) is 24.3 Å². The summed E-state index contributed by atoms with van der Waals surface area (Å²) < 4.78 is 0. The van der Waals surface area contributed by atoms with Crippen molar-refractivity contribution in [1.29, 1.82) is 0 Å². The Hall–Kier alpha value is -0.820. The van der Waals surface area contributed by atoms with Crippen molar-refractivity contribution in [3.8, 4) is 0 Å². The van der Waals surface area contributed by atoms with E-state index in [2.05, 4.69) is 31.2 Å². The van der Waals surface area contributed by atoms with Gasteiger partial charge in [-0.15, -0.1) is 0 Å². The van der Waals surface area contributed by atoms with Gasteiger partial charge in [-0.25, -0.2) is 0 Å². The van der Waals surface area contributed by atoms with Crippen molar-refractivity contribution < 1.29 is 0 Å². The molecule has 2 N–H and O–H groups in total. The molecule has 0 fully saturated rings. The maximum absolute atomic E-state index is 6.10. The van der Waals surface area contributed by atoms with E-state index in [9.17, 15) is 0 Å². The maximum Gasteiger partial charge on any atom is 0.0329 e. The number of fused-ring (bicyclic) bond motifs is 1. The third kappa shape index (κ3) is 1.05. The summed E-state index contributed by atoms with van der Waals surface area (Å²) >= 11 is 0. The highest BCUT2D eigenvalue weighted by atomic mass is 14.7. The van der Waals surface area contributed by atoms with Crippen LogP contribution in [0, 0.1) is 5.92 Å². The highest BCUT2D eigenvalue weighted by Crippen LogP contribution is 2.35. The summed E-state index contributed by atoms with van der Waals surface area (Å²) in [5.74, 6) is 0.669. The van der Waals surface area contributed by atoms with Crippen molar-refractivity contribution in [2.75, 3.05) is 0 Å². The second kappa shape index (κ2) is 2.91. The minimum atomic E-state index is 0.284. The predicted molar refractivity (Wildman–Crippen MR) is 50.9 cm³/mol.